The first-order chi connectivity index (χ1) is 24.6. The molecule has 0 N–H and O–H groups in total. The van der Waals surface area contributed by atoms with Crippen LogP contribution in [0.5, 0.6) is 0 Å². The summed E-state index contributed by atoms with van der Waals surface area (Å²) in [7, 11) is -1.57. The summed E-state index contributed by atoms with van der Waals surface area (Å²) in [6.45, 7) is 14.3. The Morgan fingerprint density at radius 1 is 0.173 bits per heavy atom. The fourth-order valence-electron chi connectivity index (χ4n) is 8.89. The molecule has 0 aliphatic carbocycles. The van der Waals surface area contributed by atoms with Crippen LogP contribution in [0.3, 0.4) is 0 Å². The third-order valence-corrected chi connectivity index (χ3v) is 22.6. The molecule has 0 atom stereocenters. The van der Waals surface area contributed by atoms with E-state index < -0.39 is 14.5 Å². The van der Waals surface area contributed by atoms with Crippen LogP contribution in [-0.2, 0) is 0 Å². The average molecular weight is 901 g/mol. The third kappa shape index (κ3) is 36.2. The van der Waals surface area contributed by atoms with E-state index in [-0.39, 0.29) is 34.0 Å². The van der Waals surface area contributed by atoms with Crippen LogP contribution in [0.15, 0.2) is 0 Å². The molecule has 52 heavy (non-hydrogen) atoms. The standard InChI is InChI=1S/C48H102P2.2BrH/c1-7-13-19-25-28-36-44-50(45-37-29-26-20-14-8-2,46-38-30-27-21-15-9-3)48-40-32-31-39-47-49(41-33-22-16-10-4,42-34-23-17-11-5)43-35-24-18-12-6;;/h7-48H2,1-6H3;2*1H/q+2;;/p-2. The maximum atomic E-state index is 2.39. The Hall–Kier alpha value is 1.82. The second-order valence-electron chi connectivity index (χ2n) is 17.4. The lowest BCUT2D eigenvalue weighted by Gasteiger charge is -2.29. The second kappa shape index (κ2) is 45.5. The molecule has 0 amide bonds. The zero-order valence-electron chi connectivity index (χ0n) is 37.3. The highest BCUT2D eigenvalue weighted by atomic mass is 79.9. The van der Waals surface area contributed by atoms with Gasteiger partial charge in [-0.05, 0) is 103 Å². The van der Waals surface area contributed by atoms with Crippen LogP contribution in [0.2, 0.25) is 0 Å². The summed E-state index contributed by atoms with van der Waals surface area (Å²) in [5.74, 6) is 0. The molecule has 0 rings (SSSR count). The van der Waals surface area contributed by atoms with E-state index in [1.807, 2.05) is 0 Å². The minimum atomic E-state index is -0.802. The molecule has 318 valence electrons. The van der Waals surface area contributed by atoms with Crippen LogP contribution in [0, 0.1) is 0 Å². The summed E-state index contributed by atoms with van der Waals surface area (Å²) in [4.78, 5) is 0. The number of rotatable bonds is 43. The van der Waals surface area contributed by atoms with Crippen molar-refractivity contribution >= 4 is 14.5 Å². The van der Waals surface area contributed by atoms with Crippen LogP contribution in [0.25, 0.3) is 0 Å². The van der Waals surface area contributed by atoms with Gasteiger partial charge in [0.2, 0.25) is 0 Å². The first-order valence-electron chi connectivity index (χ1n) is 24.3. The van der Waals surface area contributed by atoms with Gasteiger partial charge in [0.05, 0.1) is 49.3 Å². The molecule has 0 radical (unpaired) electrons. The lowest BCUT2D eigenvalue weighted by Crippen LogP contribution is -3.00. The van der Waals surface area contributed by atoms with Gasteiger partial charge >= 0.3 is 0 Å². The van der Waals surface area contributed by atoms with Crippen LogP contribution >= 0.6 is 14.5 Å². The maximum Gasteiger partial charge on any atom is 0.0594 e. The molecule has 0 heterocycles. The Morgan fingerprint density at radius 3 is 0.442 bits per heavy atom. The molecule has 0 aromatic rings. The molecule has 4 heteroatoms. The summed E-state index contributed by atoms with van der Waals surface area (Å²) < 4.78 is 0. The van der Waals surface area contributed by atoms with Gasteiger partial charge in [0.25, 0.3) is 0 Å². The van der Waals surface area contributed by atoms with Crippen LogP contribution in [0.1, 0.15) is 260 Å². The Kier molecular flexibility index (Phi) is 50.9. The van der Waals surface area contributed by atoms with Crippen LogP contribution in [-0.4, -0.2) is 49.3 Å². The van der Waals surface area contributed by atoms with Crippen LogP contribution < -0.4 is 34.0 Å². The minimum absolute atomic E-state index is 0. The Morgan fingerprint density at radius 2 is 0.288 bits per heavy atom. The molecular formula is C48H102Br2P2. The molecule has 0 saturated heterocycles. The molecule has 0 saturated carbocycles. The summed E-state index contributed by atoms with van der Waals surface area (Å²) in [5.41, 5.74) is 0. The van der Waals surface area contributed by atoms with Gasteiger partial charge in [-0.2, -0.15) is 0 Å². The van der Waals surface area contributed by atoms with Crippen molar-refractivity contribution in [2.24, 2.45) is 0 Å². The van der Waals surface area contributed by atoms with E-state index >= 15 is 0 Å². The van der Waals surface area contributed by atoms with Crippen molar-refractivity contribution in [3.63, 3.8) is 0 Å². The normalized spacial score (nSPS) is 11.9. The summed E-state index contributed by atoms with van der Waals surface area (Å²) in [5, 5.41) is 0. The van der Waals surface area contributed by atoms with Crippen molar-refractivity contribution in [2.75, 3.05) is 49.3 Å². The van der Waals surface area contributed by atoms with E-state index in [2.05, 4.69) is 41.5 Å². The van der Waals surface area contributed by atoms with E-state index in [9.17, 15) is 0 Å². The fraction of sp³-hybridized carbons (Fsp3) is 1.00. The topological polar surface area (TPSA) is 0 Å². The maximum absolute atomic E-state index is 2.39. The first kappa shape index (κ1) is 58.1. The molecular weight excluding hydrogens is 798 g/mol. The van der Waals surface area contributed by atoms with Crippen molar-refractivity contribution in [2.45, 2.75) is 260 Å². The van der Waals surface area contributed by atoms with Crippen molar-refractivity contribution in [3.05, 3.63) is 0 Å². The van der Waals surface area contributed by atoms with Crippen molar-refractivity contribution in [1.29, 1.82) is 0 Å². The molecule has 0 aromatic heterocycles. The largest absolute Gasteiger partial charge is 1.00 e. The predicted octanol–water partition coefficient (Wildman–Crippen LogP) is 12.4. The van der Waals surface area contributed by atoms with Gasteiger partial charge in [-0.3, -0.25) is 0 Å². The predicted molar refractivity (Wildman–Crippen MR) is 244 cm³/mol. The number of hydrogen-bond acceptors (Lipinski definition) is 0. The van der Waals surface area contributed by atoms with E-state index in [1.54, 1.807) is 114 Å². The molecule has 0 bridgehead atoms. The van der Waals surface area contributed by atoms with Crippen molar-refractivity contribution < 1.29 is 34.0 Å². The van der Waals surface area contributed by atoms with Gasteiger partial charge < -0.3 is 34.0 Å². The van der Waals surface area contributed by atoms with Gasteiger partial charge in [-0.1, -0.05) is 157 Å². The third-order valence-electron chi connectivity index (χ3n) is 12.4. The van der Waals surface area contributed by atoms with Crippen LogP contribution in [0.4, 0.5) is 0 Å². The molecule has 0 aromatic carbocycles. The number of halogens is 2. The van der Waals surface area contributed by atoms with E-state index in [0.717, 1.165) is 0 Å². The van der Waals surface area contributed by atoms with Gasteiger partial charge in [0.1, 0.15) is 0 Å². The smallest absolute Gasteiger partial charge is 0.0594 e. The summed E-state index contributed by atoms with van der Waals surface area (Å²) in [6.07, 6.45) is 63.9. The van der Waals surface area contributed by atoms with E-state index in [1.165, 1.54) is 154 Å². The zero-order chi connectivity index (χ0) is 36.7. The molecule has 0 spiro atoms. The first-order valence-corrected chi connectivity index (χ1v) is 29.3. The lowest BCUT2D eigenvalue weighted by atomic mass is 10.1. The Balaban J connectivity index is -0.0000120. The highest BCUT2D eigenvalue weighted by molar-refractivity contribution is 7.76. The zero-order valence-corrected chi connectivity index (χ0v) is 42.3. The highest BCUT2D eigenvalue weighted by Gasteiger charge is 2.36. The molecule has 0 fully saturated rings. The van der Waals surface area contributed by atoms with Gasteiger partial charge in [0, 0.05) is 14.5 Å². The number of unbranched alkanes of at least 4 members (excludes halogenated alkanes) is 27. The van der Waals surface area contributed by atoms with Crippen molar-refractivity contribution in [1.82, 2.24) is 0 Å². The fourth-order valence-corrected chi connectivity index (χ4v) is 18.7. The van der Waals surface area contributed by atoms with Gasteiger partial charge in [0.15, 0.2) is 0 Å². The Labute approximate surface area is 355 Å². The van der Waals surface area contributed by atoms with Gasteiger partial charge in [-0.15, -0.1) is 0 Å². The molecule has 0 aliphatic rings. The second-order valence-corrected chi connectivity index (χ2v) is 26.3. The van der Waals surface area contributed by atoms with Crippen molar-refractivity contribution in [3.8, 4) is 0 Å². The minimum Gasteiger partial charge on any atom is -1.00 e. The average Bonchev–Trinajstić information content (AvgIpc) is 3.13. The van der Waals surface area contributed by atoms with E-state index in [4.69, 9.17) is 0 Å². The van der Waals surface area contributed by atoms with Gasteiger partial charge in [-0.25, -0.2) is 0 Å². The summed E-state index contributed by atoms with van der Waals surface area (Å²) >= 11 is 0. The molecule has 0 unspecified atom stereocenters. The monoisotopic (exact) mass is 899 g/mol. The molecule has 0 aliphatic heterocycles. The highest BCUT2D eigenvalue weighted by Crippen LogP contribution is 2.63. The SMILES string of the molecule is CCCCCCCC[P+](CCCCCCCC)(CCCCCCCC)CCCCCC[P+](CCCCCC)(CCCCCC)CCCCCC.[Br-].[Br-]. The number of hydrogen-bond donors (Lipinski definition) is 0. The summed E-state index contributed by atoms with van der Waals surface area (Å²) in [6, 6.07) is 0. The van der Waals surface area contributed by atoms with E-state index in [0.29, 0.717) is 0 Å². The lowest BCUT2D eigenvalue weighted by molar-refractivity contribution is -0.00100. The Bertz CT molecular complexity index is 570. The quantitative estimate of drug-likeness (QED) is 0.0423. The molecule has 0 nitrogen and oxygen atoms in total.